The molecule has 4 nitrogen and oxygen atoms in total. The summed E-state index contributed by atoms with van der Waals surface area (Å²) in [4.78, 5) is 15.3. The second-order valence-corrected chi connectivity index (χ2v) is 12.2. The number of nitrogens with one attached hydrogen (secondary N) is 1. The van der Waals surface area contributed by atoms with Crippen LogP contribution in [-0.2, 0) is 16.6 Å². The molecule has 2 aromatic rings. The molecular formula is C29H37FN2O2. The number of amides is 1. The maximum absolute atomic E-state index is 15.4. The molecule has 6 rings (SSSR count). The Balaban J connectivity index is 1.35. The van der Waals surface area contributed by atoms with E-state index in [2.05, 4.69) is 57.0 Å². The topological polar surface area (TPSA) is 41.6 Å². The molecule has 2 aromatic carbocycles. The summed E-state index contributed by atoms with van der Waals surface area (Å²) in [5, 5.41) is 3.10. The number of benzene rings is 2. The van der Waals surface area contributed by atoms with E-state index in [1.54, 1.807) is 6.07 Å². The lowest BCUT2D eigenvalue weighted by molar-refractivity contribution is -0.0349. The van der Waals surface area contributed by atoms with Gasteiger partial charge in [-0.2, -0.15) is 0 Å². The van der Waals surface area contributed by atoms with Crippen LogP contribution >= 0.6 is 0 Å². The Morgan fingerprint density at radius 2 is 1.79 bits per heavy atom. The molecule has 1 unspecified atom stereocenters. The first-order valence-corrected chi connectivity index (χ1v) is 12.6. The molecular weight excluding hydrogens is 427 g/mol. The fourth-order valence-corrected chi connectivity index (χ4v) is 6.05. The van der Waals surface area contributed by atoms with Crippen molar-refractivity contribution in [3.8, 4) is 11.1 Å². The molecule has 1 N–H and O–H groups in total. The average Bonchev–Trinajstić information content (AvgIpc) is 3.02. The largest absolute Gasteiger partial charge is 0.445 e. The fraction of sp³-hybridized carbons (Fsp3) is 0.552. The number of piperidine rings is 3. The van der Waals surface area contributed by atoms with E-state index in [9.17, 15) is 4.79 Å². The van der Waals surface area contributed by atoms with E-state index in [-0.39, 0.29) is 34.9 Å². The lowest BCUT2D eigenvalue weighted by Gasteiger charge is -2.44. The molecule has 0 saturated carbocycles. The molecule has 3 fully saturated rings. The molecule has 182 valence electrons. The number of ether oxygens (including phenoxy) is 1. The van der Waals surface area contributed by atoms with Crippen molar-refractivity contribution in [3.05, 3.63) is 58.9 Å². The third-order valence-electron chi connectivity index (χ3n) is 8.15. The molecule has 3 heterocycles. The van der Waals surface area contributed by atoms with E-state index in [4.69, 9.17) is 4.74 Å². The van der Waals surface area contributed by atoms with Gasteiger partial charge in [0.25, 0.3) is 0 Å². The third-order valence-corrected chi connectivity index (χ3v) is 8.15. The van der Waals surface area contributed by atoms with E-state index in [1.165, 1.54) is 5.56 Å². The number of hydrogen-bond acceptors (Lipinski definition) is 3. The predicted molar refractivity (Wildman–Crippen MR) is 133 cm³/mol. The summed E-state index contributed by atoms with van der Waals surface area (Å²) < 4.78 is 21.2. The van der Waals surface area contributed by atoms with Crippen LogP contribution in [0, 0.1) is 17.2 Å². The third kappa shape index (κ3) is 4.35. The van der Waals surface area contributed by atoms with Gasteiger partial charge in [0, 0.05) is 12.1 Å². The highest BCUT2D eigenvalue weighted by atomic mass is 19.1. The van der Waals surface area contributed by atoms with Gasteiger partial charge >= 0.3 is 6.09 Å². The second-order valence-electron chi connectivity index (χ2n) is 12.2. The summed E-state index contributed by atoms with van der Waals surface area (Å²) in [5.74, 6) is 0.210. The van der Waals surface area contributed by atoms with Crippen molar-refractivity contribution in [3.63, 3.8) is 0 Å². The van der Waals surface area contributed by atoms with Gasteiger partial charge in [0.1, 0.15) is 11.9 Å². The summed E-state index contributed by atoms with van der Waals surface area (Å²) >= 11 is 0. The average molecular weight is 465 g/mol. The molecule has 0 radical (unpaired) electrons. The standard InChI is InChI=1S/C29H37FN2O2/c1-28(2,3)21-8-6-18(7-9-21)22-14-20-16-29(4,5)26(23(20)15-24(22)30)31-27(33)34-25-17-32-12-10-19(25)11-13-32/h6-9,14-15,19,25-26H,10-13,16-17H2,1-5H3,(H,31,33)/t25-,26?/m0/s1. The van der Waals surface area contributed by atoms with E-state index in [0.29, 0.717) is 11.5 Å². The summed E-state index contributed by atoms with van der Waals surface area (Å²) in [6.45, 7) is 13.8. The van der Waals surface area contributed by atoms with Gasteiger partial charge in [-0.1, -0.05) is 58.9 Å². The number of hydrogen-bond donors (Lipinski definition) is 1. The Hall–Kier alpha value is -2.40. The minimum Gasteiger partial charge on any atom is -0.445 e. The first-order chi connectivity index (χ1) is 16.0. The first-order valence-electron chi connectivity index (χ1n) is 12.6. The van der Waals surface area contributed by atoms with E-state index in [1.807, 2.05) is 18.2 Å². The van der Waals surface area contributed by atoms with Gasteiger partial charge in [0.05, 0.1) is 6.04 Å². The molecule has 5 heteroatoms. The molecule has 1 amide bonds. The van der Waals surface area contributed by atoms with Crippen molar-refractivity contribution in [1.82, 2.24) is 10.2 Å². The van der Waals surface area contributed by atoms with E-state index >= 15 is 4.39 Å². The van der Waals surface area contributed by atoms with Gasteiger partial charge in [-0.25, -0.2) is 9.18 Å². The zero-order valence-electron chi connectivity index (χ0n) is 21.1. The van der Waals surface area contributed by atoms with Crippen LogP contribution in [0.1, 0.15) is 70.2 Å². The first kappa shape index (κ1) is 23.3. The van der Waals surface area contributed by atoms with Gasteiger partial charge in [0.15, 0.2) is 0 Å². The zero-order valence-corrected chi connectivity index (χ0v) is 21.1. The Labute approximate surface area is 202 Å². The lowest BCUT2D eigenvalue weighted by Crippen LogP contribution is -2.53. The summed E-state index contributed by atoms with van der Waals surface area (Å²) in [5.41, 5.74) is 4.51. The minimum atomic E-state index is -0.382. The van der Waals surface area contributed by atoms with Crippen LogP contribution in [0.15, 0.2) is 36.4 Å². The maximum atomic E-state index is 15.4. The van der Waals surface area contributed by atoms with Gasteiger partial charge in [-0.05, 0) is 83.5 Å². The number of carbonyl (C=O) groups is 1. The molecule has 3 aliphatic heterocycles. The van der Waals surface area contributed by atoms with Crippen LogP contribution in [0.4, 0.5) is 9.18 Å². The van der Waals surface area contributed by atoms with Crippen molar-refractivity contribution in [2.24, 2.45) is 11.3 Å². The Morgan fingerprint density at radius 1 is 1.12 bits per heavy atom. The maximum Gasteiger partial charge on any atom is 0.407 e. The number of halogens is 1. The molecule has 0 aromatic heterocycles. The van der Waals surface area contributed by atoms with E-state index in [0.717, 1.165) is 55.6 Å². The normalized spacial score (nSPS) is 27.4. The minimum absolute atomic E-state index is 0.0401. The highest BCUT2D eigenvalue weighted by molar-refractivity contribution is 5.70. The summed E-state index contributed by atoms with van der Waals surface area (Å²) in [6, 6.07) is 11.5. The Kier molecular flexibility index (Phi) is 5.75. The van der Waals surface area contributed by atoms with E-state index < -0.39 is 0 Å². The molecule has 34 heavy (non-hydrogen) atoms. The summed E-state index contributed by atoms with van der Waals surface area (Å²) in [7, 11) is 0. The zero-order chi connectivity index (χ0) is 24.3. The molecule has 1 aliphatic carbocycles. The monoisotopic (exact) mass is 464 g/mol. The van der Waals surface area contributed by atoms with Gasteiger partial charge in [-0.15, -0.1) is 0 Å². The number of alkyl carbamates (subject to hydrolysis) is 1. The summed E-state index contributed by atoms with van der Waals surface area (Å²) in [6.07, 6.45) is 2.55. The molecule has 2 bridgehead atoms. The van der Waals surface area contributed by atoms with Gasteiger partial charge < -0.3 is 10.1 Å². The highest BCUT2D eigenvalue weighted by Gasteiger charge is 2.42. The number of rotatable bonds is 3. The molecule has 2 atom stereocenters. The Morgan fingerprint density at radius 3 is 2.38 bits per heavy atom. The van der Waals surface area contributed by atoms with Crippen molar-refractivity contribution < 1.29 is 13.9 Å². The quantitative estimate of drug-likeness (QED) is 0.585. The van der Waals surface area contributed by atoms with Crippen molar-refractivity contribution in [1.29, 1.82) is 0 Å². The number of nitrogens with zero attached hydrogens (tertiary/aromatic N) is 1. The second kappa shape index (κ2) is 8.37. The van der Waals surface area contributed by atoms with Crippen LogP contribution in [0.3, 0.4) is 0 Å². The van der Waals surface area contributed by atoms with Crippen molar-refractivity contribution in [2.75, 3.05) is 19.6 Å². The van der Waals surface area contributed by atoms with Crippen LogP contribution < -0.4 is 5.32 Å². The fourth-order valence-electron chi connectivity index (χ4n) is 6.05. The van der Waals surface area contributed by atoms with Crippen molar-refractivity contribution >= 4 is 6.09 Å². The number of carbonyl (C=O) groups excluding carboxylic acids is 1. The van der Waals surface area contributed by atoms with Crippen LogP contribution in [0.2, 0.25) is 0 Å². The highest BCUT2D eigenvalue weighted by Crippen LogP contribution is 2.47. The van der Waals surface area contributed by atoms with Gasteiger partial charge in [-0.3, -0.25) is 4.90 Å². The molecule has 0 spiro atoms. The Bertz CT molecular complexity index is 1080. The smallest absolute Gasteiger partial charge is 0.407 e. The number of fused-ring (bicyclic) bond motifs is 4. The molecule has 3 saturated heterocycles. The van der Waals surface area contributed by atoms with Crippen molar-refractivity contribution in [2.45, 2.75) is 71.4 Å². The van der Waals surface area contributed by atoms with Gasteiger partial charge in [0.2, 0.25) is 0 Å². The van der Waals surface area contributed by atoms with Crippen LogP contribution in [0.5, 0.6) is 0 Å². The van der Waals surface area contributed by atoms with Crippen LogP contribution in [0.25, 0.3) is 11.1 Å². The lowest BCUT2D eigenvalue weighted by atomic mass is 9.85. The SMILES string of the molecule is CC(C)(C)c1ccc(-c2cc3c(cc2F)C(NC(=O)O[C@H]2CN4CCC2CC4)C(C)(C)C3)cc1. The van der Waals surface area contributed by atoms with Crippen LogP contribution in [-0.4, -0.2) is 36.7 Å². The molecule has 4 aliphatic rings. The predicted octanol–water partition coefficient (Wildman–Crippen LogP) is 6.23.